The van der Waals surface area contributed by atoms with E-state index in [-0.39, 0.29) is 5.82 Å². The Hall–Kier alpha value is -1.16. The van der Waals surface area contributed by atoms with Crippen LogP contribution in [0.2, 0.25) is 0 Å². The molecule has 0 amide bonds. The second kappa shape index (κ2) is 2.96. The summed E-state index contributed by atoms with van der Waals surface area (Å²) in [5, 5.41) is 0.634. The zero-order valence-electron chi connectivity index (χ0n) is 6.59. The van der Waals surface area contributed by atoms with Crippen molar-refractivity contribution in [1.29, 1.82) is 0 Å². The number of halogens is 2. The van der Waals surface area contributed by atoms with Crippen LogP contribution in [0.3, 0.4) is 0 Å². The number of fused-ring (bicyclic) bond motifs is 1. The van der Waals surface area contributed by atoms with Crippen LogP contribution in [0.5, 0.6) is 0 Å². The summed E-state index contributed by atoms with van der Waals surface area (Å²) in [6.07, 6.45) is 1.49. The number of hydrogen-bond donors (Lipinski definition) is 1. The standard InChI is InChI=1S/C9H6BrFN2/c10-5-3-6-8(12)1-2-13-9(6)7(11)4-5/h1-4H,(H2,12,13). The SMILES string of the molecule is Nc1ccnc2c(F)cc(Br)cc12. The predicted octanol–water partition coefficient (Wildman–Crippen LogP) is 2.72. The average Bonchev–Trinajstić information content (AvgIpc) is 2.07. The van der Waals surface area contributed by atoms with Gasteiger partial charge in [-0.05, 0) is 18.2 Å². The summed E-state index contributed by atoms with van der Waals surface area (Å²) < 4.78 is 13.9. The molecule has 13 heavy (non-hydrogen) atoms. The Labute approximate surface area is 82.7 Å². The van der Waals surface area contributed by atoms with Gasteiger partial charge >= 0.3 is 0 Å². The van der Waals surface area contributed by atoms with E-state index in [0.29, 0.717) is 21.1 Å². The minimum Gasteiger partial charge on any atom is -0.398 e. The van der Waals surface area contributed by atoms with Gasteiger partial charge in [0.1, 0.15) is 5.52 Å². The molecule has 0 bridgehead atoms. The predicted molar refractivity (Wildman–Crippen MR) is 53.8 cm³/mol. The molecule has 0 aliphatic carbocycles. The van der Waals surface area contributed by atoms with Crippen LogP contribution in [0.15, 0.2) is 28.9 Å². The van der Waals surface area contributed by atoms with Crippen LogP contribution in [-0.2, 0) is 0 Å². The first-order chi connectivity index (χ1) is 6.18. The summed E-state index contributed by atoms with van der Waals surface area (Å²) in [4.78, 5) is 3.91. The smallest absolute Gasteiger partial charge is 0.150 e. The van der Waals surface area contributed by atoms with Crippen LogP contribution in [-0.4, -0.2) is 4.98 Å². The van der Waals surface area contributed by atoms with Gasteiger partial charge in [-0.2, -0.15) is 0 Å². The summed E-state index contributed by atoms with van der Waals surface area (Å²) in [7, 11) is 0. The molecule has 0 aliphatic rings. The summed E-state index contributed by atoms with van der Waals surface area (Å²) in [5.74, 6) is -0.364. The highest BCUT2D eigenvalue weighted by atomic mass is 79.9. The van der Waals surface area contributed by atoms with Crippen molar-refractivity contribution in [2.45, 2.75) is 0 Å². The first-order valence-corrected chi connectivity index (χ1v) is 4.47. The maximum absolute atomic E-state index is 13.3. The summed E-state index contributed by atoms with van der Waals surface area (Å²) in [5.41, 5.74) is 6.51. The molecule has 1 heterocycles. The first-order valence-electron chi connectivity index (χ1n) is 3.68. The minimum atomic E-state index is -0.364. The summed E-state index contributed by atoms with van der Waals surface area (Å²) >= 11 is 3.19. The maximum atomic E-state index is 13.3. The molecule has 0 aliphatic heterocycles. The van der Waals surface area contributed by atoms with Crippen molar-refractivity contribution < 1.29 is 4.39 Å². The summed E-state index contributed by atoms with van der Waals surface area (Å²) in [6.45, 7) is 0. The van der Waals surface area contributed by atoms with E-state index in [4.69, 9.17) is 5.73 Å². The maximum Gasteiger partial charge on any atom is 0.150 e. The fraction of sp³-hybridized carbons (Fsp3) is 0. The van der Waals surface area contributed by atoms with Crippen LogP contribution in [0.1, 0.15) is 0 Å². The Morgan fingerprint density at radius 2 is 2.15 bits per heavy atom. The molecular weight excluding hydrogens is 235 g/mol. The van der Waals surface area contributed by atoms with Crippen LogP contribution < -0.4 is 5.73 Å². The van der Waals surface area contributed by atoms with Crippen molar-refractivity contribution in [2.24, 2.45) is 0 Å². The Balaban J connectivity index is 2.94. The lowest BCUT2D eigenvalue weighted by Gasteiger charge is -2.02. The lowest BCUT2D eigenvalue weighted by atomic mass is 10.2. The molecule has 0 saturated carbocycles. The van der Waals surface area contributed by atoms with E-state index in [0.717, 1.165) is 0 Å². The van der Waals surface area contributed by atoms with E-state index in [1.165, 1.54) is 12.3 Å². The van der Waals surface area contributed by atoms with Gasteiger partial charge in [0.05, 0.1) is 0 Å². The summed E-state index contributed by atoms with van der Waals surface area (Å²) in [6, 6.07) is 4.77. The number of hydrogen-bond acceptors (Lipinski definition) is 2. The monoisotopic (exact) mass is 240 g/mol. The molecule has 0 atom stereocenters. The average molecular weight is 241 g/mol. The van der Waals surface area contributed by atoms with Gasteiger partial charge in [0, 0.05) is 21.7 Å². The largest absolute Gasteiger partial charge is 0.398 e. The van der Waals surface area contributed by atoms with Crippen LogP contribution in [0.4, 0.5) is 10.1 Å². The lowest BCUT2D eigenvalue weighted by Crippen LogP contribution is -1.91. The van der Waals surface area contributed by atoms with Gasteiger partial charge in [-0.15, -0.1) is 0 Å². The van der Waals surface area contributed by atoms with Gasteiger partial charge in [-0.3, -0.25) is 4.98 Å². The van der Waals surface area contributed by atoms with Crippen molar-refractivity contribution in [3.8, 4) is 0 Å². The quantitative estimate of drug-likeness (QED) is 0.770. The Kier molecular flexibility index (Phi) is 1.92. The second-order valence-electron chi connectivity index (χ2n) is 2.68. The Bertz CT molecular complexity index is 470. The molecule has 0 spiro atoms. The van der Waals surface area contributed by atoms with Crippen molar-refractivity contribution in [3.63, 3.8) is 0 Å². The van der Waals surface area contributed by atoms with E-state index in [2.05, 4.69) is 20.9 Å². The molecule has 0 unspecified atom stereocenters. The van der Waals surface area contributed by atoms with Crippen molar-refractivity contribution in [1.82, 2.24) is 4.98 Å². The van der Waals surface area contributed by atoms with E-state index in [9.17, 15) is 4.39 Å². The highest BCUT2D eigenvalue weighted by molar-refractivity contribution is 9.10. The molecule has 0 radical (unpaired) electrons. The fourth-order valence-electron chi connectivity index (χ4n) is 1.20. The van der Waals surface area contributed by atoms with Crippen LogP contribution >= 0.6 is 15.9 Å². The number of aromatic nitrogens is 1. The Morgan fingerprint density at radius 1 is 1.38 bits per heavy atom. The van der Waals surface area contributed by atoms with E-state index >= 15 is 0 Å². The highest BCUT2D eigenvalue weighted by Crippen LogP contribution is 2.25. The van der Waals surface area contributed by atoms with Crippen LogP contribution in [0, 0.1) is 5.82 Å². The number of nitrogen functional groups attached to an aromatic ring is 1. The van der Waals surface area contributed by atoms with Gasteiger partial charge in [0.25, 0.3) is 0 Å². The normalized spacial score (nSPS) is 10.6. The molecule has 66 valence electrons. The molecule has 1 aromatic heterocycles. The van der Waals surface area contributed by atoms with Gasteiger partial charge in [-0.25, -0.2) is 4.39 Å². The molecule has 2 N–H and O–H groups in total. The molecular formula is C9H6BrFN2. The molecule has 2 nitrogen and oxygen atoms in total. The van der Waals surface area contributed by atoms with Crippen molar-refractivity contribution in [3.05, 3.63) is 34.7 Å². The topological polar surface area (TPSA) is 38.9 Å². The molecule has 1 aromatic carbocycles. The highest BCUT2D eigenvalue weighted by Gasteiger charge is 2.05. The third-order valence-corrected chi connectivity index (χ3v) is 2.25. The third-order valence-electron chi connectivity index (χ3n) is 1.80. The lowest BCUT2D eigenvalue weighted by molar-refractivity contribution is 0.636. The molecule has 0 saturated heterocycles. The van der Waals surface area contributed by atoms with E-state index < -0.39 is 0 Å². The van der Waals surface area contributed by atoms with Crippen molar-refractivity contribution >= 4 is 32.5 Å². The molecule has 4 heteroatoms. The number of anilines is 1. The zero-order chi connectivity index (χ0) is 9.42. The van der Waals surface area contributed by atoms with Gasteiger partial charge in [-0.1, -0.05) is 15.9 Å². The number of rotatable bonds is 0. The van der Waals surface area contributed by atoms with Gasteiger partial charge in [0.2, 0.25) is 0 Å². The third kappa shape index (κ3) is 1.37. The number of benzene rings is 1. The van der Waals surface area contributed by atoms with Gasteiger partial charge in [0.15, 0.2) is 5.82 Å². The van der Waals surface area contributed by atoms with Crippen LogP contribution in [0.25, 0.3) is 10.9 Å². The van der Waals surface area contributed by atoms with Gasteiger partial charge < -0.3 is 5.73 Å². The molecule has 2 aromatic rings. The Morgan fingerprint density at radius 3 is 2.92 bits per heavy atom. The fourth-order valence-corrected chi connectivity index (χ4v) is 1.63. The van der Waals surface area contributed by atoms with E-state index in [1.807, 2.05) is 0 Å². The minimum absolute atomic E-state index is 0.309. The molecule has 2 rings (SSSR count). The zero-order valence-corrected chi connectivity index (χ0v) is 8.18. The van der Waals surface area contributed by atoms with E-state index in [1.54, 1.807) is 12.1 Å². The first kappa shape index (κ1) is 8.44. The number of nitrogens with two attached hydrogens (primary N) is 1. The molecule has 0 fully saturated rings. The number of pyridine rings is 1. The number of nitrogens with zero attached hydrogens (tertiary/aromatic N) is 1. The van der Waals surface area contributed by atoms with Crippen molar-refractivity contribution in [2.75, 3.05) is 5.73 Å². The second-order valence-corrected chi connectivity index (χ2v) is 3.60.